The van der Waals surface area contributed by atoms with Crippen molar-refractivity contribution in [3.05, 3.63) is 18.0 Å². The third kappa shape index (κ3) is 2.40. The number of nitrogens with zero attached hydrogens (tertiary/aromatic N) is 2. The van der Waals surface area contributed by atoms with E-state index in [9.17, 15) is 9.59 Å². The zero-order valence-corrected chi connectivity index (χ0v) is 10.7. The molecule has 1 aromatic heterocycles. The van der Waals surface area contributed by atoms with E-state index in [4.69, 9.17) is 4.52 Å². The van der Waals surface area contributed by atoms with Crippen LogP contribution in [0, 0.1) is 0 Å². The van der Waals surface area contributed by atoms with Gasteiger partial charge in [-0.3, -0.25) is 19.8 Å². The molecular weight excluding hydrogens is 246 g/mol. The van der Waals surface area contributed by atoms with Gasteiger partial charge in [0.15, 0.2) is 0 Å². The molecule has 3 rings (SSSR count). The third-order valence-electron chi connectivity index (χ3n) is 3.89. The largest absolute Gasteiger partial charge is 0.360 e. The molecule has 102 valence electrons. The van der Waals surface area contributed by atoms with Gasteiger partial charge < -0.3 is 4.52 Å². The van der Waals surface area contributed by atoms with Crippen LogP contribution in [0.2, 0.25) is 0 Å². The Bertz CT molecular complexity index is 465. The maximum atomic E-state index is 12.3. The molecule has 1 atom stereocenters. The lowest BCUT2D eigenvalue weighted by molar-refractivity contribution is -0.141. The average molecular weight is 263 g/mol. The number of carbonyl (C=O) groups is 2. The second kappa shape index (κ2) is 5.13. The molecule has 0 spiro atoms. The molecule has 6 heteroatoms. The van der Waals surface area contributed by atoms with Gasteiger partial charge in [-0.2, -0.15) is 0 Å². The maximum absolute atomic E-state index is 12.3. The predicted molar refractivity (Wildman–Crippen MR) is 65.9 cm³/mol. The molecule has 1 aromatic rings. The normalized spacial score (nSPS) is 24.6. The molecule has 2 heterocycles. The molecule has 0 bridgehead atoms. The summed E-state index contributed by atoms with van der Waals surface area (Å²) in [5.41, 5.74) is 0. The number of rotatable bonds is 4. The van der Waals surface area contributed by atoms with Crippen molar-refractivity contribution in [3.8, 4) is 0 Å². The lowest BCUT2D eigenvalue weighted by Crippen LogP contribution is -2.42. The predicted octanol–water partition coefficient (Wildman–Crippen LogP) is 0.834. The summed E-state index contributed by atoms with van der Waals surface area (Å²) in [6.07, 6.45) is 5.93. The Morgan fingerprint density at radius 1 is 1.37 bits per heavy atom. The first-order valence-electron chi connectivity index (χ1n) is 6.74. The Labute approximate surface area is 111 Å². The van der Waals surface area contributed by atoms with Crippen molar-refractivity contribution >= 4 is 11.8 Å². The zero-order valence-electron chi connectivity index (χ0n) is 10.7. The molecule has 2 fully saturated rings. The summed E-state index contributed by atoms with van der Waals surface area (Å²) in [6, 6.07) is 1.44. The van der Waals surface area contributed by atoms with E-state index in [1.807, 2.05) is 0 Å². The van der Waals surface area contributed by atoms with E-state index >= 15 is 0 Å². The van der Waals surface area contributed by atoms with E-state index in [2.05, 4.69) is 10.5 Å². The van der Waals surface area contributed by atoms with Crippen LogP contribution in [0.25, 0.3) is 0 Å². The van der Waals surface area contributed by atoms with Gasteiger partial charge in [-0.25, -0.2) is 0 Å². The molecule has 1 saturated carbocycles. The van der Waals surface area contributed by atoms with Crippen LogP contribution in [0.1, 0.15) is 37.9 Å². The molecule has 1 aliphatic carbocycles. The first-order chi connectivity index (χ1) is 9.25. The summed E-state index contributed by atoms with van der Waals surface area (Å²) >= 11 is 0. The van der Waals surface area contributed by atoms with Gasteiger partial charge in [-0.1, -0.05) is 18.0 Å². The molecule has 1 saturated heterocycles. The standard InChI is InChI=1S/C13H17N3O3/c17-12-7-11(14-8-10-5-6-15-19-10)13(18)16(12)9-3-1-2-4-9/h5-6,9,11,14H,1-4,7-8H2. The van der Waals surface area contributed by atoms with Crippen LogP contribution in [0.3, 0.4) is 0 Å². The van der Waals surface area contributed by atoms with Crippen molar-refractivity contribution in [3.63, 3.8) is 0 Å². The summed E-state index contributed by atoms with van der Waals surface area (Å²) in [4.78, 5) is 25.7. The van der Waals surface area contributed by atoms with Crippen molar-refractivity contribution in [1.29, 1.82) is 0 Å². The lowest BCUT2D eigenvalue weighted by Gasteiger charge is -2.22. The topological polar surface area (TPSA) is 75.4 Å². The molecule has 2 aliphatic rings. The monoisotopic (exact) mass is 263 g/mol. The average Bonchev–Trinajstić information content (AvgIpc) is 3.09. The molecule has 0 radical (unpaired) electrons. The molecule has 19 heavy (non-hydrogen) atoms. The van der Waals surface area contributed by atoms with Gasteiger partial charge in [0.2, 0.25) is 11.8 Å². The van der Waals surface area contributed by atoms with Crippen LogP contribution in [0.5, 0.6) is 0 Å². The van der Waals surface area contributed by atoms with E-state index < -0.39 is 6.04 Å². The number of amides is 2. The van der Waals surface area contributed by atoms with Crippen molar-refractivity contribution in [2.24, 2.45) is 0 Å². The first kappa shape index (κ1) is 12.3. The summed E-state index contributed by atoms with van der Waals surface area (Å²) in [5.74, 6) is 0.531. The van der Waals surface area contributed by atoms with Gasteiger partial charge in [-0.05, 0) is 12.8 Å². The van der Waals surface area contributed by atoms with Crippen LogP contribution in [0.15, 0.2) is 16.8 Å². The van der Waals surface area contributed by atoms with Crippen LogP contribution in [-0.4, -0.2) is 34.0 Å². The van der Waals surface area contributed by atoms with Gasteiger partial charge in [0.05, 0.1) is 25.2 Å². The molecule has 2 amide bonds. The SMILES string of the molecule is O=C1CC(NCc2ccno2)C(=O)N1C1CCCC1. The van der Waals surface area contributed by atoms with E-state index in [0.29, 0.717) is 12.3 Å². The molecular formula is C13H17N3O3. The fraction of sp³-hybridized carbons (Fsp3) is 0.615. The van der Waals surface area contributed by atoms with E-state index in [-0.39, 0.29) is 24.3 Å². The Hall–Kier alpha value is -1.69. The van der Waals surface area contributed by atoms with Crippen molar-refractivity contribution < 1.29 is 14.1 Å². The Morgan fingerprint density at radius 2 is 2.16 bits per heavy atom. The second-order valence-corrected chi connectivity index (χ2v) is 5.16. The number of aromatic nitrogens is 1. The lowest BCUT2D eigenvalue weighted by atomic mass is 10.2. The third-order valence-corrected chi connectivity index (χ3v) is 3.89. The van der Waals surface area contributed by atoms with Gasteiger partial charge in [0.1, 0.15) is 5.76 Å². The number of imide groups is 1. The van der Waals surface area contributed by atoms with Gasteiger partial charge in [0, 0.05) is 12.1 Å². The number of carbonyl (C=O) groups excluding carboxylic acids is 2. The maximum Gasteiger partial charge on any atom is 0.247 e. The quantitative estimate of drug-likeness (QED) is 0.814. The zero-order chi connectivity index (χ0) is 13.2. The van der Waals surface area contributed by atoms with Gasteiger partial charge in [-0.15, -0.1) is 0 Å². The van der Waals surface area contributed by atoms with Crippen LogP contribution in [-0.2, 0) is 16.1 Å². The number of hydrogen-bond acceptors (Lipinski definition) is 5. The Morgan fingerprint density at radius 3 is 2.84 bits per heavy atom. The minimum atomic E-state index is -0.418. The molecule has 1 N–H and O–H groups in total. The fourth-order valence-electron chi connectivity index (χ4n) is 2.91. The Balaban J connectivity index is 1.61. The number of hydrogen-bond donors (Lipinski definition) is 1. The van der Waals surface area contributed by atoms with E-state index in [1.54, 1.807) is 12.3 Å². The number of likely N-dealkylation sites (tertiary alicyclic amines) is 1. The smallest absolute Gasteiger partial charge is 0.247 e. The Kier molecular flexibility index (Phi) is 3.33. The molecule has 1 unspecified atom stereocenters. The van der Waals surface area contributed by atoms with Crippen LogP contribution >= 0.6 is 0 Å². The van der Waals surface area contributed by atoms with Gasteiger partial charge >= 0.3 is 0 Å². The summed E-state index contributed by atoms with van der Waals surface area (Å²) < 4.78 is 4.96. The minimum Gasteiger partial charge on any atom is -0.360 e. The summed E-state index contributed by atoms with van der Waals surface area (Å²) in [6.45, 7) is 0.419. The van der Waals surface area contributed by atoms with E-state index in [0.717, 1.165) is 25.7 Å². The van der Waals surface area contributed by atoms with Gasteiger partial charge in [0.25, 0.3) is 0 Å². The summed E-state index contributed by atoms with van der Waals surface area (Å²) in [7, 11) is 0. The molecule has 1 aliphatic heterocycles. The highest BCUT2D eigenvalue weighted by molar-refractivity contribution is 6.05. The highest BCUT2D eigenvalue weighted by Crippen LogP contribution is 2.28. The highest BCUT2D eigenvalue weighted by atomic mass is 16.5. The van der Waals surface area contributed by atoms with E-state index in [1.165, 1.54) is 4.90 Å². The number of nitrogens with one attached hydrogen (secondary N) is 1. The minimum absolute atomic E-state index is 0.0491. The molecule has 6 nitrogen and oxygen atoms in total. The summed E-state index contributed by atoms with van der Waals surface area (Å²) in [5, 5.41) is 6.67. The van der Waals surface area contributed by atoms with Crippen molar-refractivity contribution in [2.75, 3.05) is 0 Å². The molecule has 0 aromatic carbocycles. The van der Waals surface area contributed by atoms with Crippen LogP contribution < -0.4 is 5.32 Å². The van der Waals surface area contributed by atoms with Crippen LogP contribution in [0.4, 0.5) is 0 Å². The first-order valence-corrected chi connectivity index (χ1v) is 6.74. The van der Waals surface area contributed by atoms with Crippen molar-refractivity contribution in [1.82, 2.24) is 15.4 Å². The van der Waals surface area contributed by atoms with Crippen molar-refractivity contribution in [2.45, 2.75) is 50.7 Å². The fourth-order valence-corrected chi connectivity index (χ4v) is 2.91. The second-order valence-electron chi connectivity index (χ2n) is 5.16. The highest BCUT2D eigenvalue weighted by Gasteiger charge is 2.42.